The Hall–Kier alpha value is -3.00. The number of carbonyl (C=O) groups excluding carboxylic acids is 1. The number of benzene rings is 2. The van der Waals surface area contributed by atoms with Crippen LogP contribution in [0.5, 0.6) is 5.75 Å². The zero-order valence-electron chi connectivity index (χ0n) is 16.0. The van der Waals surface area contributed by atoms with Crippen molar-refractivity contribution in [3.05, 3.63) is 65.5 Å². The molecule has 0 spiro atoms. The van der Waals surface area contributed by atoms with Gasteiger partial charge in [-0.15, -0.1) is 0 Å². The van der Waals surface area contributed by atoms with Gasteiger partial charge < -0.3 is 15.0 Å². The number of thiocarbonyl (C=S) groups is 1. The quantitative estimate of drug-likeness (QED) is 0.424. The van der Waals surface area contributed by atoms with Crippen LogP contribution in [0.4, 0.5) is 4.39 Å². The van der Waals surface area contributed by atoms with Crippen molar-refractivity contribution in [2.45, 2.75) is 13.5 Å². The molecule has 1 amide bonds. The van der Waals surface area contributed by atoms with Gasteiger partial charge in [0.2, 0.25) is 0 Å². The standard InChI is InChI=1S/C20H23FN4O2S/c1-14(16-6-10-18(11-7-16)27-13-19(26)25(2)3)23-24-20(28)22-12-15-4-8-17(21)9-5-15/h4-11H,12-13H2,1-3H3,(H2,22,24,28)/b23-14-. The highest BCUT2D eigenvalue weighted by molar-refractivity contribution is 7.80. The molecular formula is C20H23FN4O2S. The molecule has 0 saturated heterocycles. The Morgan fingerprint density at radius 3 is 2.39 bits per heavy atom. The maximum Gasteiger partial charge on any atom is 0.259 e. The Bertz CT molecular complexity index is 836. The van der Waals surface area contributed by atoms with E-state index in [0.717, 1.165) is 16.8 Å². The summed E-state index contributed by atoms with van der Waals surface area (Å²) in [6.45, 7) is 2.31. The Balaban J connectivity index is 1.82. The summed E-state index contributed by atoms with van der Waals surface area (Å²) in [5.74, 6) is 0.231. The fourth-order valence-corrected chi connectivity index (χ4v) is 2.21. The molecule has 148 valence electrons. The van der Waals surface area contributed by atoms with Gasteiger partial charge in [0.15, 0.2) is 11.7 Å². The maximum absolute atomic E-state index is 12.9. The molecule has 0 radical (unpaired) electrons. The lowest BCUT2D eigenvalue weighted by molar-refractivity contribution is -0.130. The maximum atomic E-state index is 12.9. The van der Waals surface area contributed by atoms with Gasteiger partial charge in [-0.2, -0.15) is 5.10 Å². The van der Waals surface area contributed by atoms with Crippen LogP contribution >= 0.6 is 12.2 Å². The van der Waals surface area contributed by atoms with E-state index >= 15 is 0 Å². The molecule has 0 fully saturated rings. The number of nitrogens with one attached hydrogen (secondary N) is 2. The summed E-state index contributed by atoms with van der Waals surface area (Å²) >= 11 is 5.19. The van der Waals surface area contributed by atoms with Crippen LogP contribution in [-0.2, 0) is 11.3 Å². The van der Waals surface area contributed by atoms with Crippen LogP contribution in [-0.4, -0.2) is 42.3 Å². The van der Waals surface area contributed by atoms with Crippen LogP contribution in [0.15, 0.2) is 53.6 Å². The Morgan fingerprint density at radius 2 is 1.79 bits per heavy atom. The molecular weight excluding hydrogens is 379 g/mol. The van der Waals surface area contributed by atoms with Crippen LogP contribution in [0, 0.1) is 5.82 Å². The summed E-state index contributed by atoms with van der Waals surface area (Å²) in [5, 5.41) is 7.62. The number of rotatable bonds is 7. The van der Waals surface area contributed by atoms with Crippen LogP contribution in [0.2, 0.25) is 0 Å². The molecule has 0 aromatic heterocycles. The van der Waals surface area contributed by atoms with Crippen molar-refractivity contribution in [1.29, 1.82) is 0 Å². The van der Waals surface area contributed by atoms with E-state index in [9.17, 15) is 9.18 Å². The van der Waals surface area contributed by atoms with Crippen LogP contribution in [0.25, 0.3) is 0 Å². The van der Waals surface area contributed by atoms with Crippen LogP contribution < -0.4 is 15.5 Å². The molecule has 0 atom stereocenters. The monoisotopic (exact) mass is 402 g/mol. The van der Waals surface area contributed by atoms with Gasteiger partial charge in [-0.3, -0.25) is 10.2 Å². The highest BCUT2D eigenvalue weighted by atomic mass is 32.1. The molecule has 0 aliphatic carbocycles. The first-order valence-corrected chi connectivity index (χ1v) is 9.02. The normalized spacial score (nSPS) is 10.9. The molecule has 0 saturated carbocycles. The predicted molar refractivity (Wildman–Crippen MR) is 112 cm³/mol. The zero-order chi connectivity index (χ0) is 20.5. The fraction of sp³-hybridized carbons (Fsp3) is 0.250. The first-order valence-electron chi connectivity index (χ1n) is 8.61. The summed E-state index contributed by atoms with van der Waals surface area (Å²) in [5.41, 5.74) is 5.32. The Morgan fingerprint density at radius 1 is 1.14 bits per heavy atom. The first kappa shape index (κ1) is 21.3. The molecule has 28 heavy (non-hydrogen) atoms. The van der Waals surface area contributed by atoms with E-state index in [4.69, 9.17) is 17.0 Å². The van der Waals surface area contributed by atoms with Crippen LogP contribution in [0.1, 0.15) is 18.1 Å². The zero-order valence-corrected chi connectivity index (χ0v) is 16.8. The number of hydrazone groups is 1. The number of likely N-dealkylation sites (N-methyl/N-ethyl adjacent to an activating group) is 1. The molecule has 2 aromatic rings. The topological polar surface area (TPSA) is 66.0 Å². The molecule has 0 bridgehead atoms. The second-order valence-electron chi connectivity index (χ2n) is 6.22. The van der Waals surface area contributed by atoms with Crippen LogP contribution in [0.3, 0.4) is 0 Å². The molecule has 0 heterocycles. The minimum absolute atomic E-state index is 0.00499. The third-order valence-electron chi connectivity index (χ3n) is 3.82. The largest absolute Gasteiger partial charge is 0.484 e. The molecule has 2 rings (SSSR count). The summed E-state index contributed by atoms with van der Waals surface area (Å²) in [4.78, 5) is 13.0. The summed E-state index contributed by atoms with van der Waals surface area (Å²) in [6, 6.07) is 13.4. The van der Waals surface area contributed by atoms with Gasteiger partial charge >= 0.3 is 0 Å². The van der Waals surface area contributed by atoms with E-state index in [1.807, 2.05) is 19.1 Å². The number of amides is 1. The van der Waals surface area contributed by atoms with E-state index < -0.39 is 0 Å². The number of halogens is 1. The fourth-order valence-electron chi connectivity index (χ4n) is 2.09. The van der Waals surface area contributed by atoms with Crippen molar-refractivity contribution in [1.82, 2.24) is 15.6 Å². The van der Waals surface area contributed by atoms with E-state index in [2.05, 4.69) is 15.8 Å². The Kier molecular flexibility index (Phi) is 7.88. The molecule has 2 aromatic carbocycles. The van der Waals surface area contributed by atoms with Gasteiger partial charge in [0, 0.05) is 20.6 Å². The van der Waals surface area contributed by atoms with Gasteiger partial charge in [-0.1, -0.05) is 12.1 Å². The lowest BCUT2D eigenvalue weighted by Gasteiger charge is -2.11. The van der Waals surface area contributed by atoms with Gasteiger partial charge in [-0.05, 0) is 66.7 Å². The molecule has 6 nitrogen and oxygen atoms in total. The van der Waals surface area contributed by atoms with Gasteiger partial charge in [0.05, 0.1) is 5.71 Å². The van der Waals surface area contributed by atoms with E-state index in [1.54, 1.807) is 38.4 Å². The van der Waals surface area contributed by atoms with Crippen molar-refractivity contribution < 1.29 is 13.9 Å². The molecule has 8 heteroatoms. The molecule has 0 unspecified atom stereocenters. The Labute approximate surface area is 169 Å². The van der Waals surface area contributed by atoms with Crippen molar-refractivity contribution >= 4 is 28.9 Å². The average Bonchev–Trinajstić information content (AvgIpc) is 2.70. The number of nitrogens with zero attached hydrogens (tertiary/aromatic N) is 2. The lowest BCUT2D eigenvalue weighted by Crippen LogP contribution is -2.32. The van der Waals surface area contributed by atoms with Crippen molar-refractivity contribution in [3.8, 4) is 5.75 Å². The van der Waals surface area contributed by atoms with Crippen molar-refractivity contribution in [3.63, 3.8) is 0 Å². The SMILES string of the molecule is C/C(=N/NC(=S)NCc1ccc(F)cc1)c1ccc(OCC(=O)N(C)C)cc1. The minimum Gasteiger partial charge on any atom is -0.484 e. The van der Waals surface area contributed by atoms with Gasteiger partial charge in [0.25, 0.3) is 5.91 Å². The second-order valence-corrected chi connectivity index (χ2v) is 6.63. The number of ether oxygens (including phenoxy) is 1. The van der Waals surface area contributed by atoms with E-state index in [-0.39, 0.29) is 18.3 Å². The predicted octanol–water partition coefficient (Wildman–Crippen LogP) is 2.68. The van der Waals surface area contributed by atoms with Crippen molar-refractivity contribution in [2.24, 2.45) is 5.10 Å². The number of carbonyl (C=O) groups is 1. The van der Waals surface area contributed by atoms with Gasteiger partial charge in [0.1, 0.15) is 11.6 Å². The third-order valence-corrected chi connectivity index (χ3v) is 4.06. The average molecular weight is 402 g/mol. The summed E-state index contributed by atoms with van der Waals surface area (Å²) in [7, 11) is 3.36. The van der Waals surface area contributed by atoms with Gasteiger partial charge in [-0.25, -0.2) is 4.39 Å². The number of hydrogen-bond donors (Lipinski definition) is 2. The number of hydrogen-bond acceptors (Lipinski definition) is 4. The lowest BCUT2D eigenvalue weighted by atomic mass is 10.1. The highest BCUT2D eigenvalue weighted by Crippen LogP contribution is 2.13. The summed E-state index contributed by atoms with van der Waals surface area (Å²) < 4.78 is 18.3. The minimum atomic E-state index is -0.273. The van der Waals surface area contributed by atoms with E-state index in [0.29, 0.717) is 17.4 Å². The third kappa shape index (κ3) is 6.96. The van der Waals surface area contributed by atoms with Crippen molar-refractivity contribution in [2.75, 3.05) is 20.7 Å². The molecule has 0 aliphatic rings. The molecule has 0 aliphatic heterocycles. The second kappa shape index (κ2) is 10.4. The molecule has 2 N–H and O–H groups in total. The highest BCUT2D eigenvalue weighted by Gasteiger charge is 2.05. The smallest absolute Gasteiger partial charge is 0.259 e. The van der Waals surface area contributed by atoms with E-state index in [1.165, 1.54) is 17.0 Å². The summed E-state index contributed by atoms with van der Waals surface area (Å²) in [6.07, 6.45) is 0. The first-order chi connectivity index (χ1) is 13.3.